The number of nitrogens with one attached hydrogen (secondary N) is 1. The van der Waals surface area contributed by atoms with E-state index in [2.05, 4.69) is 5.32 Å². The lowest BCUT2D eigenvalue weighted by atomic mass is 10.0. The van der Waals surface area contributed by atoms with Gasteiger partial charge >= 0.3 is 0 Å². The van der Waals surface area contributed by atoms with E-state index >= 15 is 0 Å². The molecule has 0 heterocycles. The average molecular weight is 282 g/mol. The molecule has 2 N–H and O–H groups in total. The fraction of sp³-hybridized carbons (Fsp3) is 0.867. The van der Waals surface area contributed by atoms with Crippen LogP contribution in [0.15, 0.2) is 0 Å². The van der Waals surface area contributed by atoms with E-state index in [0.717, 1.165) is 51.4 Å². The molecule has 2 fully saturated rings. The van der Waals surface area contributed by atoms with Crippen LogP contribution in [0.4, 0.5) is 0 Å². The Labute approximate surface area is 120 Å². The van der Waals surface area contributed by atoms with Crippen molar-refractivity contribution in [2.24, 2.45) is 5.92 Å². The first-order valence-electron chi connectivity index (χ1n) is 7.74. The molecule has 0 radical (unpaired) electrons. The van der Waals surface area contributed by atoms with Crippen LogP contribution in [0.2, 0.25) is 0 Å². The minimum Gasteiger partial charge on any atom is -0.388 e. The molecule has 0 aromatic rings. The van der Waals surface area contributed by atoms with Gasteiger partial charge in [0.15, 0.2) is 0 Å². The number of likely N-dealkylation sites (N-methyl/N-ethyl adjacent to an activating group) is 1. The maximum Gasteiger partial charge on any atom is 0.241 e. The number of aliphatic hydroxyl groups is 1. The van der Waals surface area contributed by atoms with Gasteiger partial charge in [-0.15, -0.1) is 0 Å². The van der Waals surface area contributed by atoms with E-state index in [1.54, 1.807) is 11.9 Å². The van der Waals surface area contributed by atoms with E-state index in [1.165, 1.54) is 0 Å². The van der Waals surface area contributed by atoms with Gasteiger partial charge < -0.3 is 15.3 Å². The second-order valence-electron chi connectivity index (χ2n) is 6.38. The highest BCUT2D eigenvalue weighted by atomic mass is 16.3. The zero-order valence-electron chi connectivity index (χ0n) is 12.4. The van der Waals surface area contributed by atoms with Crippen molar-refractivity contribution in [2.75, 3.05) is 20.1 Å². The maximum absolute atomic E-state index is 12.0. The lowest BCUT2D eigenvalue weighted by molar-refractivity contribution is -0.135. The van der Waals surface area contributed by atoms with Gasteiger partial charge in [-0.25, -0.2) is 0 Å². The fourth-order valence-electron chi connectivity index (χ4n) is 3.35. The van der Waals surface area contributed by atoms with Gasteiger partial charge in [0.05, 0.1) is 12.1 Å². The lowest BCUT2D eigenvalue weighted by Gasteiger charge is -2.28. The van der Waals surface area contributed by atoms with Crippen LogP contribution < -0.4 is 5.32 Å². The van der Waals surface area contributed by atoms with Crippen molar-refractivity contribution in [1.82, 2.24) is 10.2 Å². The average Bonchev–Trinajstić information content (AvgIpc) is 3.06. The van der Waals surface area contributed by atoms with Crippen molar-refractivity contribution >= 4 is 11.8 Å². The van der Waals surface area contributed by atoms with Gasteiger partial charge in [0.25, 0.3) is 0 Å². The van der Waals surface area contributed by atoms with Crippen LogP contribution in [0, 0.1) is 5.92 Å². The minimum atomic E-state index is -0.722. The van der Waals surface area contributed by atoms with Gasteiger partial charge in [0, 0.05) is 19.5 Å². The summed E-state index contributed by atoms with van der Waals surface area (Å²) >= 11 is 0. The topological polar surface area (TPSA) is 69.6 Å². The molecule has 2 aliphatic rings. The number of rotatable bonds is 5. The van der Waals surface area contributed by atoms with Gasteiger partial charge in [0.1, 0.15) is 0 Å². The van der Waals surface area contributed by atoms with Gasteiger partial charge in [0.2, 0.25) is 11.8 Å². The van der Waals surface area contributed by atoms with Crippen LogP contribution in [0.3, 0.4) is 0 Å². The summed E-state index contributed by atoms with van der Waals surface area (Å²) in [4.78, 5) is 25.4. The number of carbonyl (C=O) groups is 2. The molecule has 5 heteroatoms. The Bertz CT molecular complexity index is 358. The first kappa shape index (κ1) is 15.3. The molecule has 2 saturated carbocycles. The third kappa shape index (κ3) is 3.95. The molecule has 0 aromatic heterocycles. The van der Waals surface area contributed by atoms with Crippen LogP contribution in [-0.2, 0) is 9.59 Å². The maximum atomic E-state index is 12.0. The minimum absolute atomic E-state index is 0.00354. The summed E-state index contributed by atoms with van der Waals surface area (Å²) < 4.78 is 0. The Balaban J connectivity index is 1.72. The molecule has 114 valence electrons. The van der Waals surface area contributed by atoms with Gasteiger partial charge in [-0.05, 0) is 25.7 Å². The highest BCUT2D eigenvalue weighted by Crippen LogP contribution is 2.29. The smallest absolute Gasteiger partial charge is 0.241 e. The molecule has 5 nitrogen and oxygen atoms in total. The number of hydrogen-bond acceptors (Lipinski definition) is 3. The summed E-state index contributed by atoms with van der Waals surface area (Å²) in [5.74, 6) is -0.0346. The third-order valence-electron chi connectivity index (χ3n) is 4.63. The first-order chi connectivity index (χ1) is 9.50. The fourth-order valence-corrected chi connectivity index (χ4v) is 3.35. The Morgan fingerprint density at radius 3 is 2.40 bits per heavy atom. The summed E-state index contributed by atoms with van der Waals surface area (Å²) in [7, 11) is 1.69. The number of hydrogen-bond donors (Lipinski definition) is 2. The quantitative estimate of drug-likeness (QED) is 0.792. The molecule has 0 atom stereocenters. The van der Waals surface area contributed by atoms with E-state index in [0.29, 0.717) is 6.54 Å². The molecule has 2 amide bonds. The Kier molecular flexibility index (Phi) is 5.02. The van der Waals surface area contributed by atoms with Crippen LogP contribution in [-0.4, -0.2) is 47.6 Å². The molecule has 0 unspecified atom stereocenters. The first-order valence-corrected chi connectivity index (χ1v) is 7.74. The summed E-state index contributed by atoms with van der Waals surface area (Å²) in [6, 6.07) is 0. The van der Waals surface area contributed by atoms with E-state index in [9.17, 15) is 14.7 Å². The van der Waals surface area contributed by atoms with Crippen molar-refractivity contribution in [3.05, 3.63) is 0 Å². The molecule has 2 rings (SSSR count). The SMILES string of the molecule is CN(CC1(O)CCCC1)C(=O)CNC(=O)C1CCCC1. The third-order valence-corrected chi connectivity index (χ3v) is 4.63. The highest BCUT2D eigenvalue weighted by Gasteiger charge is 2.33. The molecular weight excluding hydrogens is 256 g/mol. The van der Waals surface area contributed by atoms with Gasteiger partial charge in [-0.1, -0.05) is 25.7 Å². The molecule has 0 aromatic carbocycles. The molecule has 0 bridgehead atoms. The van der Waals surface area contributed by atoms with E-state index in [4.69, 9.17) is 0 Å². The summed E-state index contributed by atoms with van der Waals surface area (Å²) in [5.41, 5.74) is -0.722. The van der Waals surface area contributed by atoms with Crippen molar-refractivity contribution < 1.29 is 14.7 Å². The van der Waals surface area contributed by atoms with Crippen molar-refractivity contribution in [3.63, 3.8) is 0 Å². The lowest BCUT2D eigenvalue weighted by Crippen LogP contribution is -2.46. The predicted molar refractivity (Wildman–Crippen MR) is 76.0 cm³/mol. The molecule has 0 saturated heterocycles. The summed E-state index contributed by atoms with van der Waals surface area (Å²) in [6.07, 6.45) is 7.68. The van der Waals surface area contributed by atoms with Crippen molar-refractivity contribution in [1.29, 1.82) is 0 Å². The molecule has 0 aliphatic heterocycles. The molecule has 2 aliphatic carbocycles. The van der Waals surface area contributed by atoms with E-state index < -0.39 is 5.60 Å². The summed E-state index contributed by atoms with van der Waals surface area (Å²) in [5, 5.41) is 13.0. The molecule has 20 heavy (non-hydrogen) atoms. The summed E-state index contributed by atoms with van der Waals surface area (Å²) in [6.45, 7) is 0.410. The largest absolute Gasteiger partial charge is 0.388 e. The monoisotopic (exact) mass is 282 g/mol. The van der Waals surface area contributed by atoms with Crippen LogP contribution >= 0.6 is 0 Å². The van der Waals surface area contributed by atoms with Crippen molar-refractivity contribution in [3.8, 4) is 0 Å². The zero-order chi connectivity index (χ0) is 14.6. The number of nitrogens with zero attached hydrogens (tertiary/aromatic N) is 1. The van der Waals surface area contributed by atoms with Gasteiger partial charge in [-0.2, -0.15) is 0 Å². The normalized spacial score (nSPS) is 21.9. The van der Waals surface area contributed by atoms with E-state index in [-0.39, 0.29) is 24.3 Å². The van der Waals surface area contributed by atoms with Gasteiger partial charge in [-0.3, -0.25) is 9.59 Å². The van der Waals surface area contributed by atoms with Crippen LogP contribution in [0.1, 0.15) is 51.4 Å². The zero-order valence-corrected chi connectivity index (χ0v) is 12.4. The second-order valence-corrected chi connectivity index (χ2v) is 6.38. The van der Waals surface area contributed by atoms with Crippen LogP contribution in [0.5, 0.6) is 0 Å². The predicted octanol–water partition coefficient (Wildman–Crippen LogP) is 1.06. The number of amides is 2. The Hall–Kier alpha value is -1.10. The molecule has 0 spiro atoms. The Morgan fingerprint density at radius 1 is 1.20 bits per heavy atom. The highest BCUT2D eigenvalue weighted by molar-refractivity contribution is 5.85. The molecular formula is C15H26N2O3. The van der Waals surface area contributed by atoms with Crippen LogP contribution in [0.25, 0.3) is 0 Å². The number of carbonyl (C=O) groups excluding carboxylic acids is 2. The standard InChI is InChI=1S/C15H26N2O3/c1-17(11-15(20)8-4-5-9-15)13(18)10-16-14(19)12-6-2-3-7-12/h12,20H,2-11H2,1H3,(H,16,19). The van der Waals surface area contributed by atoms with Crippen molar-refractivity contribution in [2.45, 2.75) is 57.0 Å². The second kappa shape index (κ2) is 6.57. The van der Waals surface area contributed by atoms with E-state index in [1.807, 2.05) is 0 Å². The Morgan fingerprint density at radius 2 is 1.80 bits per heavy atom.